The first-order valence-electron chi connectivity index (χ1n) is 7.94. The second kappa shape index (κ2) is 7.27. The van der Waals surface area contributed by atoms with Gasteiger partial charge in [-0.2, -0.15) is 0 Å². The van der Waals surface area contributed by atoms with Crippen LogP contribution in [0, 0.1) is 0 Å². The van der Waals surface area contributed by atoms with E-state index in [1.807, 2.05) is 17.5 Å². The second-order valence-corrected chi connectivity index (χ2v) is 7.08. The van der Waals surface area contributed by atoms with Gasteiger partial charge in [-0.25, -0.2) is 0 Å². The Bertz CT molecular complexity index is 898. The monoisotopic (exact) mass is 373 g/mol. The molecule has 26 heavy (non-hydrogen) atoms. The van der Waals surface area contributed by atoms with Crippen molar-refractivity contribution >= 4 is 17.2 Å². The summed E-state index contributed by atoms with van der Waals surface area (Å²) in [5, 5.41) is 22.7. The topological polar surface area (TPSA) is 97.5 Å². The van der Waals surface area contributed by atoms with Crippen molar-refractivity contribution < 1.29 is 19.1 Å². The van der Waals surface area contributed by atoms with Gasteiger partial charge < -0.3 is 19.6 Å². The maximum atomic E-state index is 12.5. The Morgan fingerprint density at radius 3 is 2.81 bits per heavy atom. The van der Waals surface area contributed by atoms with Crippen molar-refractivity contribution in [2.24, 2.45) is 0 Å². The third-order valence-electron chi connectivity index (χ3n) is 3.75. The first-order valence-corrected chi connectivity index (χ1v) is 8.82. The van der Waals surface area contributed by atoms with Crippen LogP contribution in [0.3, 0.4) is 0 Å². The smallest absolute Gasteiger partial charge is 0.257 e. The molecule has 0 aliphatic heterocycles. The van der Waals surface area contributed by atoms with Gasteiger partial charge in [0.15, 0.2) is 0 Å². The Balaban J connectivity index is 1.70. The first-order chi connectivity index (χ1) is 12.4. The minimum atomic E-state index is -1.02. The third kappa shape index (κ3) is 3.92. The summed E-state index contributed by atoms with van der Waals surface area (Å²) in [7, 11) is 1.48. The van der Waals surface area contributed by atoms with Crippen LogP contribution in [0.1, 0.15) is 35.7 Å². The van der Waals surface area contributed by atoms with E-state index in [0.717, 1.165) is 4.88 Å². The van der Waals surface area contributed by atoms with E-state index in [9.17, 15) is 9.90 Å². The summed E-state index contributed by atoms with van der Waals surface area (Å²) in [6.07, 6.45) is 0. The van der Waals surface area contributed by atoms with Gasteiger partial charge in [0.05, 0.1) is 29.7 Å². The van der Waals surface area contributed by atoms with Crippen LogP contribution < -0.4 is 10.1 Å². The van der Waals surface area contributed by atoms with Gasteiger partial charge in [-0.1, -0.05) is 12.1 Å². The number of nitrogens with one attached hydrogen (secondary N) is 1. The SMILES string of the molecule is COc1cc(C(C)(C)O)ccc1C(=O)NCc1nnc(-c2cccs2)o1. The van der Waals surface area contributed by atoms with Crippen molar-refractivity contribution in [3.63, 3.8) is 0 Å². The molecule has 7 nitrogen and oxygen atoms in total. The molecule has 8 heteroatoms. The Labute approximate surface area is 154 Å². The molecule has 0 radical (unpaired) electrons. The van der Waals surface area contributed by atoms with E-state index in [-0.39, 0.29) is 12.5 Å². The molecule has 0 aliphatic carbocycles. The second-order valence-electron chi connectivity index (χ2n) is 6.14. The highest BCUT2D eigenvalue weighted by Crippen LogP contribution is 2.27. The molecule has 0 fully saturated rings. The fourth-order valence-electron chi connectivity index (χ4n) is 2.34. The number of methoxy groups -OCH3 is 1. The van der Waals surface area contributed by atoms with Crippen LogP contribution in [0.5, 0.6) is 5.75 Å². The molecule has 0 unspecified atom stereocenters. The van der Waals surface area contributed by atoms with Gasteiger partial charge in [0.25, 0.3) is 11.8 Å². The number of hydrogen-bond donors (Lipinski definition) is 2. The van der Waals surface area contributed by atoms with E-state index in [1.165, 1.54) is 18.4 Å². The number of ether oxygens (including phenoxy) is 1. The minimum absolute atomic E-state index is 0.105. The summed E-state index contributed by atoms with van der Waals surface area (Å²) >= 11 is 1.50. The van der Waals surface area contributed by atoms with Crippen molar-refractivity contribution in [2.45, 2.75) is 26.0 Å². The number of aromatic nitrogens is 2. The summed E-state index contributed by atoms with van der Waals surface area (Å²) < 4.78 is 10.8. The Morgan fingerprint density at radius 2 is 2.15 bits per heavy atom. The Morgan fingerprint density at radius 1 is 1.35 bits per heavy atom. The van der Waals surface area contributed by atoms with Gasteiger partial charge in [0, 0.05) is 0 Å². The maximum Gasteiger partial charge on any atom is 0.257 e. The molecule has 1 amide bonds. The normalized spacial score (nSPS) is 11.4. The van der Waals surface area contributed by atoms with E-state index in [1.54, 1.807) is 32.0 Å². The van der Waals surface area contributed by atoms with Crippen LogP contribution in [0.4, 0.5) is 0 Å². The summed E-state index contributed by atoms with van der Waals surface area (Å²) in [5.74, 6) is 0.789. The molecule has 136 valence electrons. The zero-order chi connectivity index (χ0) is 18.7. The Hall–Kier alpha value is -2.71. The molecule has 0 saturated carbocycles. The predicted molar refractivity (Wildman–Crippen MR) is 97.0 cm³/mol. The fourth-order valence-corrected chi connectivity index (χ4v) is 2.98. The highest BCUT2D eigenvalue weighted by atomic mass is 32.1. The van der Waals surface area contributed by atoms with Gasteiger partial charge in [-0.15, -0.1) is 21.5 Å². The standard InChI is InChI=1S/C18H19N3O4S/c1-18(2,23)11-6-7-12(13(9-11)24-3)16(22)19-10-15-20-21-17(25-15)14-5-4-8-26-14/h4-9,23H,10H2,1-3H3,(H,19,22). The largest absolute Gasteiger partial charge is 0.496 e. The summed E-state index contributed by atoms with van der Waals surface area (Å²) in [6.45, 7) is 3.44. The van der Waals surface area contributed by atoms with E-state index in [4.69, 9.17) is 9.15 Å². The molecule has 0 saturated heterocycles. The van der Waals surface area contributed by atoms with Crippen molar-refractivity contribution in [3.8, 4) is 16.5 Å². The average molecular weight is 373 g/mol. The highest BCUT2D eigenvalue weighted by molar-refractivity contribution is 7.13. The summed E-state index contributed by atoms with van der Waals surface area (Å²) in [4.78, 5) is 13.3. The lowest BCUT2D eigenvalue weighted by atomic mass is 9.96. The number of amides is 1. The number of benzene rings is 1. The minimum Gasteiger partial charge on any atom is -0.496 e. The summed E-state index contributed by atoms with van der Waals surface area (Å²) in [6, 6.07) is 8.74. The van der Waals surface area contributed by atoms with E-state index >= 15 is 0 Å². The number of nitrogens with zero attached hydrogens (tertiary/aromatic N) is 2. The van der Waals surface area contributed by atoms with Crippen LogP contribution in [-0.2, 0) is 12.1 Å². The first kappa shape index (κ1) is 18.1. The molecular weight excluding hydrogens is 354 g/mol. The number of carbonyl (C=O) groups excluding carboxylic acids is 1. The van der Waals surface area contributed by atoms with Crippen molar-refractivity contribution in [1.29, 1.82) is 0 Å². The number of hydrogen-bond acceptors (Lipinski definition) is 7. The number of carbonyl (C=O) groups is 1. The van der Waals surface area contributed by atoms with E-state index in [2.05, 4.69) is 15.5 Å². The van der Waals surface area contributed by atoms with Gasteiger partial charge in [-0.3, -0.25) is 4.79 Å². The fraction of sp³-hybridized carbons (Fsp3) is 0.278. The van der Waals surface area contributed by atoms with Crippen molar-refractivity contribution in [2.75, 3.05) is 7.11 Å². The van der Waals surface area contributed by atoms with Crippen LogP contribution in [-0.4, -0.2) is 28.3 Å². The molecule has 2 N–H and O–H groups in total. The number of thiophene rings is 1. The van der Waals surface area contributed by atoms with Crippen LogP contribution in [0.2, 0.25) is 0 Å². The molecule has 0 atom stereocenters. The zero-order valence-corrected chi connectivity index (χ0v) is 15.5. The lowest BCUT2D eigenvalue weighted by Gasteiger charge is -2.19. The van der Waals surface area contributed by atoms with Crippen LogP contribution in [0.25, 0.3) is 10.8 Å². The molecule has 0 spiro atoms. The molecule has 2 aromatic heterocycles. The molecule has 1 aromatic carbocycles. The van der Waals surface area contributed by atoms with E-state index < -0.39 is 5.60 Å². The quantitative estimate of drug-likeness (QED) is 0.689. The van der Waals surface area contributed by atoms with E-state index in [0.29, 0.717) is 28.7 Å². The zero-order valence-electron chi connectivity index (χ0n) is 14.6. The molecule has 2 heterocycles. The third-order valence-corrected chi connectivity index (χ3v) is 4.61. The molecule has 0 bridgehead atoms. The maximum absolute atomic E-state index is 12.5. The van der Waals surface area contributed by atoms with Gasteiger partial charge >= 0.3 is 0 Å². The molecular formula is C18H19N3O4S. The summed E-state index contributed by atoms with van der Waals surface area (Å²) in [5.41, 5.74) is -0.00794. The van der Waals surface area contributed by atoms with Crippen LogP contribution in [0.15, 0.2) is 40.1 Å². The van der Waals surface area contributed by atoms with Crippen molar-refractivity contribution in [1.82, 2.24) is 15.5 Å². The highest BCUT2D eigenvalue weighted by Gasteiger charge is 2.20. The Kier molecular flexibility index (Phi) is 5.06. The van der Waals surface area contributed by atoms with Gasteiger partial charge in [-0.05, 0) is 43.0 Å². The number of aliphatic hydroxyl groups is 1. The molecule has 0 aliphatic rings. The van der Waals surface area contributed by atoms with Gasteiger partial charge in [0.2, 0.25) is 5.89 Å². The molecule has 3 aromatic rings. The van der Waals surface area contributed by atoms with Gasteiger partial charge in [0.1, 0.15) is 5.75 Å². The lowest BCUT2D eigenvalue weighted by molar-refractivity contribution is 0.0780. The predicted octanol–water partition coefficient (Wildman–Crippen LogP) is 2.96. The lowest BCUT2D eigenvalue weighted by Crippen LogP contribution is -2.24. The van der Waals surface area contributed by atoms with Crippen molar-refractivity contribution in [3.05, 3.63) is 52.7 Å². The van der Waals surface area contributed by atoms with Crippen LogP contribution >= 0.6 is 11.3 Å². The number of rotatable bonds is 6. The molecule has 3 rings (SSSR count). The average Bonchev–Trinajstić information content (AvgIpc) is 3.29.